The third kappa shape index (κ3) is 3.11. The van der Waals surface area contributed by atoms with Crippen molar-refractivity contribution in [2.75, 3.05) is 0 Å². The van der Waals surface area contributed by atoms with Crippen LogP contribution in [0.5, 0.6) is 0 Å². The van der Waals surface area contributed by atoms with E-state index >= 15 is 0 Å². The summed E-state index contributed by atoms with van der Waals surface area (Å²) >= 11 is 6.07. The molecule has 2 heteroatoms. The number of aryl methyl sites for hydroxylation is 4. The largest absolute Gasteiger partial charge is 0.207 e. The topological polar surface area (TPSA) is 0 Å². The molecule has 18 heavy (non-hydrogen) atoms. The minimum atomic E-state index is -0.117. The van der Waals surface area contributed by atoms with E-state index in [-0.39, 0.29) is 5.82 Å². The smallest absolute Gasteiger partial charge is 0.126 e. The summed E-state index contributed by atoms with van der Waals surface area (Å²) in [4.78, 5) is 0. The van der Waals surface area contributed by atoms with Crippen LogP contribution in [0.1, 0.15) is 22.3 Å². The van der Waals surface area contributed by atoms with Gasteiger partial charge in [0, 0.05) is 5.02 Å². The van der Waals surface area contributed by atoms with Crippen molar-refractivity contribution in [2.45, 2.75) is 26.7 Å². The maximum Gasteiger partial charge on any atom is 0.126 e. The molecule has 0 N–H and O–H groups in total. The van der Waals surface area contributed by atoms with Gasteiger partial charge in [0.15, 0.2) is 0 Å². The summed E-state index contributed by atoms with van der Waals surface area (Å²) in [5.41, 5.74) is 3.93. The zero-order valence-corrected chi connectivity index (χ0v) is 11.4. The van der Waals surface area contributed by atoms with Crippen molar-refractivity contribution in [2.24, 2.45) is 0 Å². The summed E-state index contributed by atoms with van der Waals surface area (Å²) in [6, 6.07) is 11.4. The lowest BCUT2D eigenvalue weighted by molar-refractivity contribution is 0.607. The second-order valence-corrected chi connectivity index (χ2v) is 5.09. The molecule has 0 aliphatic heterocycles. The molecule has 0 aliphatic carbocycles. The van der Waals surface area contributed by atoms with E-state index in [0.717, 1.165) is 33.7 Å². The summed E-state index contributed by atoms with van der Waals surface area (Å²) in [5.74, 6) is -0.117. The van der Waals surface area contributed by atoms with Crippen LogP contribution in [0.2, 0.25) is 5.02 Å². The maximum absolute atomic E-state index is 13.7. The Kier molecular flexibility index (Phi) is 4.03. The molecule has 0 unspecified atom stereocenters. The lowest BCUT2D eigenvalue weighted by Gasteiger charge is -2.06. The molecule has 0 saturated carbocycles. The van der Waals surface area contributed by atoms with Crippen molar-refractivity contribution in [1.82, 2.24) is 0 Å². The highest BCUT2D eigenvalue weighted by atomic mass is 35.5. The molecule has 0 amide bonds. The van der Waals surface area contributed by atoms with Gasteiger partial charge in [0.05, 0.1) is 0 Å². The fourth-order valence-electron chi connectivity index (χ4n) is 1.93. The predicted octanol–water partition coefficient (Wildman–Crippen LogP) is 4.88. The molecule has 0 heterocycles. The molecule has 2 aromatic rings. The molecule has 0 nitrogen and oxygen atoms in total. The van der Waals surface area contributed by atoms with Gasteiger partial charge in [-0.25, -0.2) is 4.39 Å². The molecule has 0 aliphatic rings. The number of halogens is 2. The molecular weight excluding hydrogens is 247 g/mol. The van der Waals surface area contributed by atoms with Crippen molar-refractivity contribution in [3.05, 3.63) is 69.5 Å². The van der Waals surface area contributed by atoms with Crippen LogP contribution in [0, 0.1) is 19.7 Å². The van der Waals surface area contributed by atoms with Gasteiger partial charge in [0.25, 0.3) is 0 Å². The van der Waals surface area contributed by atoms with E-state index in [1.807, 2.05) is 44.2 Å². The minimum absolute atomic E-state index is 0.117. The van der Waals surface area contributed by atoms with Crippen LogP contribution in [0.4, 0.5) is 4.39 Å². The molecule has 0 saturated heterocycles. The van der Waals surface area contributed by atoms with Gasteiger partial charge in [0.1, 0.15) is 5.82 Å². The van der Waals surface area contributed by atoms with E-state index in [4.69, 9.17) is 11.6 Å². The normalized spacial score (nSPS) is 10.7. The summed E-state index contributed by atoms with van der Waals surface area (Å²) in [6.45, 7) is 3.87. The Labute approximate surface area is 112 Å². The lowest BCUT2D eigenvalue weighted by Crippen LogP contribution is -1.95. The zero-order valence-electron chi connectivity index (χ0n) is 10.6. The van der Waals surface area contributed by atoms with Gasteiger partial charge in [-0.05, 0) is 61.1 Å². The average Bonchev–Trinajstić information content (AvgIpc) is 2.32. The standard InChI is InChI=1S/C16H16ClF/c1-11-3-7-14(16(18)9-11)8-6-13-5-4-12(2)15(17)10-13/h3-5,7,9-10H,6,8H2,1-2H3. The lowest BCUT2D eigenvalue weighted by atomic mass is 10.0. The fourth-order valence-corrected chi connectivity index (χ4v) is 2.13. The van der Waals surface area contributed by atoms with Crippen molar-refractivity contribution < 1.29 is 4.39 Å². The Morgan fingerprint density at radius 2 is 1.78 bits per heavy atom. The van der Waals surface area contributed by atoms with Crippen LogP contribution < -0.4 is 0 Å². The summed E-state index contributed by atoms with van der Waals surface area (Å²) in [5, 5.41) is 0.775. The van der Waals surface area contributed by atoms with Gasteiger partial charge >= 0.3 is 0 Å². The van der Waals surface area contributed by atoms with Gasteiger partial charge in [-0.1, -0.05) is 35.9 Å². The molecule has 0 spiro atoms. The maximum atomic E-state index is 13.7. The summed E-state index contributed by atoms with van der Waals surface area (Å²) in [7, 11) is 0. The van der Waals surface area contributed by atoms with Crippen molar-refractivity contribution in [3.8, 4) is 0 Å². The molecule has 2 rings (SSSR count). The first kappa shape index (κ1) is 13.1. The Hall–Kier alpha value is -1.34. The Morgan fingerprint density at radius 3 is 2.44 bits per heavy atom. The Bertz CT molecular complexity index is 561. The number of hydrogen-bond acceptors (Lipinski definition) is 0. The predicted molar refractivity (Wildman–Crippen MR) is 74.7 cm³/mol. The SMILES string of the molecule is Cc1ccc(CCc2ccc(C)c(Cl)c2)c(F)c1. The molecule has 2 aromatic carbocycles. The van der Waals surface area contributed by atoms with Gasteiger partial charge in [-0.15, -0.1) is 0 Å². The van der Waals surface area contributed by atoms with Crippen LogP contribution in [0.15, 0.2) is 36.4 Å². The van der Waals surface area contributed by atoms with Crippen LogP contribution in [-0.2, 0) is 12.8 Å². The van der Waals surface area contributed by atoms with E-state index in [1.165, 1.54) is 0 Å². The second kappa shape index (κ2) is 5.53. The van der Waals surface area contributed by atoms with Gasteiger partial charge in [0.2, 0.25) is 0 Å². The van der Waals surface area contributed by atoms with Crippen LogP contribution in [-0.4, -0.2) is 0 Å². The van der Waals surface area contributed by atoms with Crippen molar-refractivity contribution >= 4 is 11.6 Å². The first-order chi connectivity index (χ1) is 8.56. The first-order valence-electron chi connectivity index (χ1n) is 6.06. The van der Waals surface area contributed by atoms with Crippen LogP contribution in [0.25, 0.3) is 0 Å². The Morgan fingerprint density at radius 1 is 1.00 bits per heavy atom. The first-order valence-corrected chi connectivity index (χ1v) is 6.44. The van der Waals surface area contributed by atoms with E-state index < -0.39 is 0 Å². The van der Waals surface area contributed by atoms with E-state index in [9.17, 15) is 4.39 Å². The van der Waals surface area contributed by atoms with E-state index in [1.54, 1.807) is 6.07 Å². The third-order valence-corrected chi connectivity index (χ3v) is 3.54. The number of hydrogen-bond donors (Lipinski definition) is 0. The van der Waals surface area contributed by atoms with Crippen LogP contribution >= 0.6 is 11.6 Å². The molecule has 0 aromatic heterocycles. The van der Waals surface area contributed by atoms with Crippen molar-refractivity contribution in [1.29, 1.82) is 0 Å². The monoisotopic (exact) mass is 262 g/mol. The molecule has 0 radical (unpaired) electrons. The number of rotatable bonds is 3. The van der Waals surface area contributed by atoms with Gasteiger partial charge < -0.3 is 0 Å². The quantitative estimate of drug-likeness (QED) is 0.739. The second-order valence-electron chi connectivity index (χ2n) is 4.68. The molecule has 0 atom stereocenters. The summed E-state index contributed by atoms with van der Waals surface area (Å²) in [6.07, 6.45) is 1.51. The highest BCUT2D eigenvalue weighted by molar-refractivity contribution is 6.31. The zero-order chi connectivity index (χ0) is 13.1. The third-order valence-electron chi connectivity index (χ3n) is 3.13. The van der Waals surface area contributed by atoms with Gasteiger partial charge in [-0.3, -0.25) is 0 Å². The van der Waals surface area contributed by atoms with Crippen molar-refractivity contribution in [3.63, 3.8) is 0 Å². The van der Waals surface area contributed by atoms with E-state index in [0.29, 0.717) is 6.42 Å². The molecule has 0 fully saturated rings. The molecule has 0 bridgehead atoms. The molecular formula is C16H16ClF. The minimum Gasteiger partial charge on any atom is -0.207 e. The highest BCUT2D eigenvalue weighted by Crippen LogP contribution is 2.19. The average molecular weight is 263 g/mol. The highest BCUT2D eigenvalue weighted by Gasteiger charge is 2.04. The fraction of sp³-hybridized carbons (Fsp3) is 0.250. The van der Waals surface area contributed by atoms with Gasteiger partial charge in [-0.2, -0.15) is 0 Å². The van der Waals surface area contributed by atoms with Crippen LogP contribution in [0.3, 0.4) is 0 Å². The van der Waals surface area contributed by atoms with E-state index in [2.05, 4.69) is 0 Å². The number of benzene rings is 2. The summed E-state index contributed by atoms with van der Waals surface area (Å²) < 4.78 is 13.7. The Balaban J connectivity index is 2.09. The molecule has 94 valence electrons.